The fraction of sp³-hybridized carbons (Fsp3) is 0.833. The molecule has 2 nitrogen and oxygen atoms in total. The van der Waals surface area contributed by atoms with Crippen molar-refractivity contribution in [1.29, 1.82) is 0 Å². The van der Waals surface area contributed by atoms with Crippen LogP contribution >= 0.6 is 9.24 Å². The molecule has 1 heterocycles. The summed E-state index contributed by atoms with van der Waals surface area (Å²) in [5.74, 6) is 0. The smallest absolute Gasteiger partial charge is 0.237 e. The number of amides is 1. The highest BCUT2D eigenvalue weighted by molar-refractivity contribution is 7.39. The number of carbonyl (C=O) groups is 1. The van der Waals surface area contributed by atoms with Gasteiger partial charge >= 0.3 is 0 Å². The molecule has 0 bridgehead atoms. The maximum Gasteiger partial charge on any atom is 0.237 e. The van der Waals surface area contributed by atoms with Crippen molar-refractivity contribution in [2.75, 3.05) is 6.54 Å². The van der Waals surface area contributed by atoms with Crippen molar-refractivity contribution in [3.05, 3.63) is 0 Å². The lowest BCUT2D eigenvalue weighted by Gasteiger charge is -2.18. The van der Waals surface area contributed by atoms with Gasteiger partial charge in [-0.1, -0.05) is 0 Å². The van der Waals surface area contributed by atoms with Crippen LogP contribution < -0.4 is 0 Å². The second-order valence-corrected chi connectivity index (χ2v) is 3.02. The Morgan fingerprint density at radius 3 is 2.67 bits per heavy atom. The van der Waals surface area contributed by atoms with E-state index in [1.54, 1.807) is 0 Å². The number of likely N-dealkylation sites (tertiary alicyclic amines) is 1. The van der Waals surface area contributed by atoms with E-state index in [0.29, 0.717) is 6.04 Å². The van der Waals surface area contributed by atoms with Gasteiger partial charge in [0.25, 0.3) is 0 Å². The predicted octanol–water partition coefficient (Wildman–Crippen LogP) is 1.47. The first kappa shape index (κ1) is 7.01. The Kier molecular flexibility index (Phi) is 2.07. The third-order valence-electron chi connectivity index (χ3n) is 1.84. The van der Waals surface area contributed by atoms with Crippen molar-refractivity contribution < 1.29 is 4.79 Å². The van der Waals surface area contributed by atoms with Crippen LogP contribution in [0.5, 0.6) is 0 Å². The molecule has 0 N–H and O–H groups in total. The molecular formula is C6H12NOP. The van der Waals surface area contributed by atoms with E-state index in [1.807, 2.05) is 4.90 Å². The Hall–Kier alpha value is -0.100. The minimum atomic E-state index is 0.139. The van der Waals surface area contributed by atoms with Gasteiger partial charge in [-0.3, -0.25) is 4.79 Å². The molecule has 1 fully saturated rings. The van der Waals surface area contributed by atoms with Crippen molar-refractivity contribution in [2.24, 2.45) is 0 Å². The summed E-state index contributed by atoms with van der Waals surface area (Å²) in [5, 5.41) is 0. The second kappa shape index (κ2) is 2.66. The van der Waals surface area contributed by atoms with Crippen LogP contribution in [0, 0.1) is 0 Å². The highest BCUT2D eigenvalue weighted by Crippen LogP contribution is 2.18. The first-order chi connectivity index (χ1) is 4.22. The molecule has 0 saturated carbocycles. The Bertz CT molecular complexity index is 126. The molecule has 52 valence electrons. The number of nitrogens with zero attached hydrogens (tertiary/aromatic N) is 1. The van der Waals surface area contributed by atoms with Crippen LogP contribution in [0.2, 0.25) is 0 Å². The van der Waals surface area contributed by atoms with E-state index < -0.39 is 0 Å². The summed E-state index contributed by atoms with van der Waals surface area (Å²) in [7, 11) is 2.21. The molecule has 1 saturated heterocycles. The second-order valence-electron chi connectivity index (χ2n) is 2.52. The summed E-state index contributed by atoms with van der Waals surface area (Å²) >= 11 is 0. The zero-order chi connectivity index (χ0) is 6.85. The van der Waals surface area contributed by atoms with E-state index in [-0.39, 0.29) is 5.65 Å². The van der Waals surface area contributed by atoms with Gasteiger partial charge in [-0.25, -0.2) is 0 Å². The maximum atomic E-state index is 10.7. The molecular weight excluding hydrogens is 133 g/mol. The largest absolute Gasteiger partial charge is 0.337 e. The van der Waals surface area contributed by atoms with Crippen molar-refractivity contribution in [2.45, 2.75) is 25.8 Å². The van der Waals surface area contributed by atoms with Gasteiger partial charge in [0.1, 0.15) is 0 Å². The first-order valence-electron chi connectivity index (χ1n) is 3.28. The van der Waals surface area contributed by atoms with Gasteiger partial charge in [-0.15, -0.1) is 0 Å². The lowest BCUT2D eigenvalue weighted by atomic mass is 10.2. The number of hydrogen-bond acceptors (Lipinski definition) is 1. The van der Waals surface area contributed by atoms with Crippen LogP contribution in [0.4, 0.5) is 4.79 Å². The molecule has 2 unspecified atom stereocenters. The molecule has 0 aromatic carbocycles. The molecule has 1 aliphatic rings. The van der Waals surface area contributed by atoms with Crippen LogP contribution in [0.15, 0.2) is 0 Å². The monoisotopic (exact) mass is 145 g/mol. The quantitative estimate of drug-likeness (QED) is 0.472. The molecule has 0 aliphatic carbocycles. The van der Waals surface area contributed by atoms with E-state index in [9.17, 15) is 4.79 Å². The molecule has 0 spiro atoms. The van der Waals surface area contributed by atoms with Crippen LogP contribution in [0.3, 0.4) is 0 Å². The summed E-state index contributed by atoms with van der Waals surface area (Å²) in [6, 6.07) is 0.468. The Labute approximate surface area is 57.8 Å². The Morgan fingerprint density at radius 2 is 2.44 bits per heavy atom. The summed E-state index contributed by atoms with van der Waals surface area (Å²) in [6.07, 6.45) is 2.33. The van der Waals surface area contributed by atoms with Crippen LogP contribution in [-0.2, 0) is 0 Å². The SMILES string of the molecule is CC1CCCN1C(=O)P. The molecule has 9 heavy (non-hydrogen) atoms. The molecule has 1 rings (SSSR count). The van der Waals surface area contributed by atoms with Crippen LogP contribution in [-0.4, -0.2) is 23.1 Å². The van der Waals surface area contributed by atoms with Crippen LogP contribution in [0.1, 0.15) is 19.8 Å². The van der Waals surface area contributed by atoms with E-state index in [1.165, 1.54) is 12.8 Å². The maximum absolute atomic E-state index is 10.7. The van der Waals surface area contributed by atoms with Gasteiger partial charge in [0, 0.05) is 12.6 Å². The summed E-state index contributed by atoms with van der Waals surface area (Å²) in [4.78, 5) is 12.6. The van der Waals surface area contributed by atoms with Gasteiger partial charge in [-0.05, 0) is 29.0 Å². The van der Waals surface area contributed by atoms with E-state index >= 15 is 0 Å². The summed E-state index contributed by atoms with van der Waals surface area (Å²) in [6.45, 7) is 3.04. The number of rotatable bonds is 0. The molecule has 0 aromatic heterocycles. The summed E-state index contributed by atoms with van der Waals surface area (Å²) < 4.78 is 0. The molecule has 1 amide bonds. The van der Waals surface area contributed by atoms with Gasteiger partial charge in [0.2, 0.25) is 5.65 Å². The fourth-order valence-corrected chi connectivity index (χ4v) is 1.64. The standard InChI is InChI=1S/C6H12NOP/c1-5-3-2-4-7(5)6(8)9/h5H,2-4,9H2,1H3. The Balaban J connectivity index is 2.49. The third-order valence-corrected chi connectivity index (χ3v) is 2.17. The van der Waals surface area contributed by atoms with E-state index in [2.05, 4.69) is 16.2 Å². The molecule has 1 aliphatic heterocycles. The fourth-order valence-electron chi connectivity index (χ4n) is 1.26. The number of carbonyl (C=O) groups excluding carboxylic acids is 1. The predicted molar refractivity (Wildman–Crippen MR) is 40.5 cm³/mol. The Morgan fingerprint density at radius 1 is 1.78 bits per heavy atom. The van der Waals surface area contributed by atoms with Crippen molar-refractivity contribution in [3.63, 3.8) is 0 Å². The van der Waals surface area contributed by atoms with Gasteiger partial charge in [0.15, 0.2) is 0 Å². The minimum Gasteiger partial charge on any atom is -0.337 e. The first-order valence-corrected chi connectivity index (χ1v) is 3.85. The molecule has 0 radical (unpaired) electrons. The summed E-state index contributed by atoms with van der Waals surface area (Å²) in [5.41, 5.74) is 0.139. The topological polar surface area (TPSA) is 20.3 Å². The van der Waals surface area contributed by atoms with Gasteiger partial charge in [-0.2, -0.15) is 0 Å². The minimum absolute atomic E-state index is 0.139. The van der Waals surface area contributed by atoms with E-state index in [4.69, 9.17) is 0 Å². The zero-order valence-electron chi connectivity index (χ0n) is 5.63. The van der Waals surface area contributed by atoms with Gasteiger partial charge < -0.3 is 4.90 Å². The zero-order valence-corrected chi connectivity index (χ0v) is 6.79. The van der Waals surface area contributed by atoms with Crippen LogP contribution in [0.25, 0.3) is 0 Å². The average molecular weight is 145 g/mol. The molecule has 2 atom stereocenters. The lowest BCUT2D eigenvalue weighted by Crippen LogP contribution is -2.28. The van der Waals surface area contributed by atoms with Crippen molar-refractivity contribution >= 4 is 14.9 Å². The molecule has 0 aromatic rings. The van der Waals surface area contributed by atoms with Crippen molar-refractivity contribution in [1.82, 2.24) is 4.90 Å². The van der Waals surface area contributed by atoms with Crippen molar-refractivity contribution in [3.8, 4) is 0 Å². The highest BCUT2D eigenvalue weighted by Gasteiger charge is 2.21. The molecule has 3 heteroatoms. The van der Waals surface area contributed by atoms with E-state index in [0.717, 1.165) is 6.54 Å². The number of hydrogen-bond donors (Lipinski definition) is 0. The van der Waals surface area contributed by atoms with Gasteiger partial charge in [0.05, 0.1) is 0 Å². The third kappa shape index (κ3) is 1.42. The average Bonchev–Trinajstić information content (AvgIpc) is 2.13. The lowest BCUT2D eigenvalue weighted by molar-refractivity contribution is 0.221. The highest BCUT2D eigenvalue weighted by atomic mass is 31.0. The normalized spacial score (nSPS) is 26.9.